The molecule has 5 heteroatoms. The molecular formula is C16H17F3N2. The number of pyridine rings is 1. The van der Waals surface area contributed by atoms with Crippen molar-refractivity contribution in [2.45, 2.75) is 25.1 Å². The first-order valence-electron chi connectivity index (χ1n) is 6.82. The Bertz CT molecular complexity index is 487. The van der Waals surface area contributed by atoms with E-state index in [0.29, 0.717) is 0 Å². The molecule has 1 unspecified atom stereocenters. The third-order valence-electron chi connectivity index (χ3n) is 3.10. The van der Waals surface area contributed by atoms with Gasteiger partial charge in [-0.3, -0.25) is 4.98 Å². The van der Waals surface area contributed by atoms with Gasteiger partial charge < -0.3 is 5.32 Å². The highest BCUT2D eigenvalue weighted by atomic mass is 19.4. The molecule has 0 aliphatic heterocycles. The van der Waals surface area contributed by atoms with Crippen molar-refractivity contribution >= 4 is 0 Å². The molecule has 1 aromatic carbocycles. The SMILES string of the molecule is FC(F)(F)CCCNC(c1ccccc1)c1ccccn1. The van der Waals surface area contributed by atoms with E-state index in [2.05, 4.69) is 10.3 Å². The van der Waals surface area contributed by atoms with E-state index in [1.165, 1.54) is 0 Å². The third kappa shape index (κ3) is 5.19. The molecule has 21 heavy (non-hydrogen) atoms. The maximum absolute atomic E-state index is 12.2. The van der Waals surface area contributed by atoms with Crippen LogP contribution < -0.4 is 5.32 Å². The van der Waals surface area contributed by atoms with E-state index < -0.39 is 12.6 Å². The second-order valence-electron chi connectivity index (χ2n) is 4.77. The molecule has 2 aromatic rings. The maximum Gasteiger partial charge on any atom is 0.389 e. The van der Waals surface area contributed by atoms with Crippen molar-refractivity contribution in [1.82, 2.24) is 10.3 Å². The fourth-order valence-electron chi connectivity index (χ4n) is 2.12. The molecule has 0 spiro atoms. The molecule has 0 bridgehead atoms. The number of hydrogen-bond acceptors (Lipinski definition) is 2. The zero-order valence-corrected chi connectivity index (χ0v) is 11.5. The van der Waals surface area contributed by atoms with Crippen molar-refractivity contribution in [2.75, 3.05) is 6.54 Å². The van der Waals surface area contributed by atoms with Crippen LogP contribution in [0.4, 0.5) is 13.2 Å². The minimum absolute atomic E-state index is 0.0552. The van der Waals surface area contributed by atoms with E-state index in [-0.39, 0.29) is 19.0 Å². The average molecular weight is 294 g/mol. The van der Waals surface area contributed by atoms with Gasteiger partial charge in [0, 0.05) is 12.6 Å². The molecule has 0 fully saturated rings. The number of nitrogens with zero attached hydrogens (tertiary/aromatic N) is 1. The van der Waals surface area contributed by atoms with Gasteiger partial charge in [0.2, 0.25) is 0 Å². The second-order valence-corrected chi connectivity index (χ2v) is 4.77. The Morgan fingerprint density at radius 3 is 2.33 bits per heavy atom. The summed E-state index contributed by atoms with van der Waals surface area (Å²) in [7, 11) is 0. The first kappa shape index (κ1) is 15.5. The number of benzene rings is 1. The van der Waals surface area contributed by atoms with E-state index in [4.69, 9.17) is 0 Å². The highest BCUT2D eigenvalue weighted by molar-refractivity contribution is 5.27. The Morgan fingerprint density at radius 2 is 1.71 bits per heavy atom. The molecule has 0 saturated carbocycles. The summed E-state index contributed by atoms with van der Waals surface area (Å²) in [4.78, 5) is 4.30. The Kier molecular flexibility index (Phi) is 5.33. The first-order chi connectivity index (χ1) is 10.1. The van der Waals surface area contributed by atoms with Crippen molar-refractivity contribution in [3.05, 3.63) is 66.0 Å². The molecule has 1 N–H and O–H groups in total. The van der Waals surface area contributed by atoms with Gasteiger partial charge in [-0.2, -0.15) is 13.2 Å². The lowest BCUT2D eigenvalue weighted by Gasteiger charge is -2.19. The minimum Gasteiger partial charge on any atom is -0.305 e. The van der Waals surface area contributed by atoms with Gasteiger partial charge in [0.15, 0.2) is 0 Å². The van der Waals surface area contributed by atoms with Crippen LogP contribution in [-0.2, 0) is 0 Å². The van der Waals surface area contributed by atoms with E-state index in [0.717, 1.165) is 11.3 Å². The van der Waals surface area contributed by atoms with Gasteiger partial charge in [0.25, 0.3) is 0 Å². The van der Waals surface area contributed by atoms with Gasteiger partial charge >= 0.3 is 6.18 Å². The Labute approximate surface area is 122 Å². The van der Waals surface area contributed by atoms with E-state index in [1.807, 2.05) is 48.5 Å². The van der Waals surface area contributed by atoms with Gasteiger partial charge in [-0.25, -0.2) is 0 Å². The third-order valence-corrected chi connectivity index (χ3v) is 3.10. The Balaban J connectivity index is 2.04. The first-order valence-corrected chi connectivity index (χ1v) is 6.82. The summed E-state index contributed by atoms with van der Waals surface area (Å²) in [5.41, 5.74) is 1.79. The Hall–Kier alpha value is -1.88. The molecule has 0 amide bonds. The summed E-state index contributed by atoms with van der Waals surface area (Å²) in [5.74, 6) is 0. The lowest BCUT2D eigenvalue weighted by Crippen LogP contribution is -2.25. The van der Waals surface area contributed by atoms with Crippen LogP contribution in [0.25, 0.3) is 0 Å². The lowest BCUT2D eigenvalue weighted by atomic mass is 10.0. The normalized spacial score (nSPS) is 13.1. The summed E-state index contributed by atoms with van der Waals surface area (Å²) in [6.45, 7) is 0.287. The highest BCUT2D eigenvalue weighted by Crippen LogP contribution is 2.23. The van der Waals surface area contributed by atoms with Crippen LogP contribution in [0.5, 0.6) is 0 Å². The van der Waals surface area contributed by atoms with E-state index in [1.54, 1.807) is 6.20 Å². The number of halogens is 3. The standard InChI is InChI=1S/C16H17F3N2/c17-16(18,19)10-6-12-21-15(13-7-2-1-3-8-13)14-9-4-5-11-20-14/h1-5,7-9,11,15,21H,6,10,12H2. The van der Waals surface area contributed by atoms with E-state index >= 15 is 0 Å². The molecule has 0 saturated heterocycles. The predicted octanol–water partition coefficient (Wildman–Crippen LogP) is 4.10. The zero-order valence-electron chi connectivity index (χ0n) is 11.5. The van der Waals surface area contributed by atoms with Crippen molar-refractivity contribution < 1.29 is 13.2 Å². The van der Waals surface area contributed by atoms with Crippen LogP contribution in [-0.4, -0.2) is 17.7 Å². The van der Waals surface area contributed by atoms with Crippen LogP contribution in [0, 0.1) is 0 Å². The molecule has 0 aliphatic carbocycles. The molecule has 2 rings (SSSR count). The predicted molar refractivity (Wildman–Crippen MR) is 75.8 cm³/mol. The minimum atomic E-state index is -4.10. The van der Waals surface area contributed by atoms with Crippen LogP contribution in [0.15, 0.2) is 54.7 Å². The van der Waals surface area contributed by atoms with Crippen LogP contribution in [0.2, 0.25) is 0 Å². The van der Waals surface area contributed by atoms with Crippen molar-refractivity contribution in [2.24, 2.45) is 0 Å². The van der Waals surface area contributed by atoms with Gasteiger partial charge in [-0.15, -0.1) is 0 Å². The fraction of sp³-hybridized carbons (Fsp3) is 0.312. The smallest absolute Gasteiger partial charge is 0.305 e. The van der Waals surface area contributed by atoms with Crippen LogP contribution >= 0.6 is 0 Å². The molecule has 1 atom stereocenters. The molecule has 0 radical (unpaired) electrons. The van der Waals surface area contributed by atoms with Gasteiger partial charge in [-0.05, 0) is 30.7 Å². The van der Waals surface area contributed by atoms with Crippen molar-refractivity contribution in [3.8, 4) is 0 Å². The summed E-state index contributed by atoms with van der Waals surface area (Å²) in [6.07, 6.45) is -3.14. The van der Waals surface area contributed by atoms with Gasteiger partial charge in [0.05, 0.1) is 11.7 Å². The molecule has 1 aromatic heterocycles. The number of nitrogens with one attached hydrogen (secondary N) is 1. The summed E-state index contributed by atoms with van der Waals surface area (Å²) < 4.78 is 36.6. The number of alkyl halides is 3. The topological polar surface area (TPSA) is 24.9 Å². The molecule has 2 nitrogen and oxygen atoms in total. The average Bonchev–Trinajstić information content (AvgIpc) is 2.48. The largest absolute Gasteiger partial charge is 0.389 e. The quantitative estimate of drug-likeness (QED) is 0.811. The molecule has 112 valence electrons. The summed E-state index contributed by atoms with van der Waals surface area (Å²) in [6, 6.07) is 15.0. The van der Waals surface area contributed by atoms with Gasteiger partial charge in [-0.1, -0.05) is 36.4 Å². The maximum atomic E-state index is 12.2. The van der Waals surface area contributed by atoms with Crippen molar-refractivity contribution in [3.63, 3.8) is 0 Å². The van der Waals surface area contributed by atoms with Crippen LogP contribution in [0.1, 0.15) is 30.1 Å². The van der Waals surface area contributed by atoms with Gasteiger partial charge in [0.1, 0.15) is 0 Å². The zero-order chi connectivity index (χ0) is 15.1. The fourth-order valence-corrected chi connectivity index (χ4v) is 2.12. The van der Waals surface area contributed by atoms with Crippen LogP contribution in [0.3, 0.4) is 0 Å². The lowest BCUT2D eigenvalue weighted by molar-refractivity contribution is -0.135. The number of aromatic nitrogens is 1. The highest BCUT2D eigenvalue weighted by Gasteiger charge is 2.26. The van der Waals surface area contributed by atoms with E-state index in [9.17, 15) is 13.2 Å². The number of rotatable bonds is 6. The van der Waals surface area contributed by atoms with Crippen molar-refractivity contribution in [1.29, 1.82) is 0 Å². The summed E-state index contributed by atoms with van der Waals surface area (Å²) >= 11 is 0. The molecule has 1 heterocycles. The molecule has 0 aliphatic rings. The Morgan fingerprint density at radius 1 is 1.00 bits per heavy atom. The second kappa shape index (κ2) is 7.22. The number of hydrogen-bond donors (Lipinski definition) is 1. The summed E-state index contributed by atoms with van der Waals surface area (Å²) in [5, 5.41) is 3.16. The monoisotopic (exact) mass is 294 g/mol. The molecular weight excluding hydrogens is 277 g/mol.